The van der Waals surface area contributed by atoms with Gasteiger partial charge in [-0.2, -0.15) is 17.5 Å². The molecular weight excluding hydrogens is 791 g/mol. The Morgan fingerprint density at radius 1 is 0.556 bits per heavy atom. The van der Waals surface area contributed by atoms with E-state index >= 15 is 0 Å². The fraction of sp³-hybridized carbons (Fsp3) is 0.360. The van der Waals surface area contributed by atoms with E-state index in [4.69, 9.17) is 0 Å². The van der Waals surface area contributed by atoms with Gasteiger partial charge >= 0.3 is 30.2 Å². The number of halogens is 2. The van der Waals surface area contributed by atoms with E-state index in [1.54, 1.807) is 0 Å². The summed E-state index contributed by atoms with van der Waals surface area (Å²) in [5.74, 6) is 0. The van der Waals surface area contributed by atoms with Crippen LogP contribution in [0.15, 0.2) is 97.1 Å². The van der Waals surface area contributed by atoms with E-state index in [1.165, 1.54) is 113 Å². The maximum atomic E-state index is 3.49. The van der Waals surface area contributed by atoms with Crippen LogP contribution >= 0.6 is 24.8 Å². The molecule has 0 saturated carbocycles. The van der Waals surface area contributed by atoms with Gasteiger partial charge in [0, 0.05) is 0 Å². The van der Waals surface area contributed by atoms with E-state index in [9.17, 15) is 0 Å². The van der Waals surface area contributed by atoms with Crippen LogP contribution in [0.2, 0.25) is 0 Å². The van der Waals surface area contributed by atoms with Gasteiger partial charge in [-0.25, -0.2) is 0 Å². The minimum absolute atomic E-state index is 0. The normalized spacial score (nSPS) is 10.6. The van der Waals surface area contributed by atoms with E-state index in [0.29, 0.717) is 0 Å². The first-order valence-corrected chi connectivity index (χ1v) is 23.1. The van der Waals surface area contributed by atoms with Crippen molar-refractivity contribution in [3.05, 3.63) is 145 Å². The van der Waals surface area contributed by atoms with Gasteiger partial charge in [-0.05, 0) is 45.9 Å². The Morgan fingerprint density at radius 2 is 0.852 bits per heavy atom. The molecule has 2 radical (unpaired) electrons. The second kappa shape index (κ2) is 23.8. The monoisotopic (exact) mass is 854 g/mol. The van der Waals surface area contributed by atoms with Crippen LogP contribution in [0.25, 0.3) is 43.8 Å². The average Bonchev–Trinajstić information content (AvgIpc) is 3.64. The van der Waals surface area contributed by atoms with E-state index in [2.05, 4.69) is 180 Å². The molecule has 0 aliphatic rings. The molecule has 0 aromatic heterocycles. The van der Waals surface area contributed by atoms with Crippen LogP contribution in [0.5, 0.6) is 0 Å². The molecule has 0 nitrogen and oxygen atoms in total. The number of hydrogen-bond donors (Lipinski definition) is 0. The molecule has 0 unspecified atom stereocenters. The van der Waals surface area contributed by atoms with E-state index in [1.807, 2.05) is 6.92 Å². The van der Waals surface area contributed by atoms with Crippen LogP contribution in [0, 0.1) is 28.2 Å². The summed E-state index contributed by atoms with van der Waals surface area (Å²) in [5, 5.41) is 5.56. The van der Waals surface area contributed by atoms with Gasteiger partial charge in [0.2, 0.25) is 0 Å². The van der Waals surface area contributed by atoms with Crippen molar-refractivity contribution in [1.82, 2.24) is 0 Å². The molecule has 0 aliphatic heterocycles. The molecule has 0 spiro atoms. The Morgan fingerprint density at radius 3 is 1.11 bits per heavy atom. The fourth-order valence-corrected chi connectivity index (χ4v) is 7.33. The summed E-state index contributed by atoms with van der Waals surface area (Å²) in [6, 6.07) is 36.4. The Bertz CT molecular complexity index is 1820. The SMILES string of the molecule is CCCc1ccc(-c2cccc3[cH-]c(C(C)(C)C)c(C)c23)cc1.CCCc1ccc(-c2cccc3[cH-]c(C(C)(C)C)c(C)c23)cc1.Cl.Cl.[CH2-]CC.[CH3-].[Si]=[Zr]. The van der Waals surface area contributed by atoms with Gasteiger partial charge in [0.1, 0.15) is 0 Å². The molecule has 4 heteroatoms. The van der Waals surface area contributed by atoms with Crippen molar-refractivity contribution in [3.8, 4) is 22.3 Å². The van der Waals surface area contributed by atoms with E-state index < -0.39 is 0 Å². The van der Waals surface area contributed by atoms with E-state index in [0.717, 1.165) is 19.3 Å². The second-order valence-electron chi connectivity index (χ2n) is 15.8. The summed E-state index contributed by atoms with van der Waals surface area (Å²) in [5.41, 5.74) is 14.4. The number of aryl methyl sites for hydroxylation is 4. The van der Waals surface area contributed by atoms with Gasteiger partial charge in [0.05, 0.1) is 0 Å². The molecule has 0 N–H and O–H groups in total. The standard InChI is InChI=1S/2C23H27.C3H7.CH3.2ClH.Si.Zr/c2*1-6-8-17-11-13-18(14-12-17)20-10-7-9-19-15-21(23(3,4)5)16(2)22(19)20;1-3-2;;;;;/h2*7,9-15H,6,8H2,1-5H3;1,3H2,2H3;1H3;2*1H;;/q4*-1;;;;. The molecule has 6 aromatic carbocycles. The third-order valence-electron chi connectivity index (χ3n) is 9.57. The quantitative estimate of drug-likeness (QED) is 0.116. The zero-order chi connectivity index (χ0) is 37.9. The van der Waals surface area contributed by atoms with Gasteiger partial charge < -0.3 is 14.4 Å². The van der Waals surface area contributed by atoms with Crippen LogP contribution in [0.1, 0.15) is 115 Å². The molecule has 6 rings (SSSR count). The summed E-state index contributed by atoms with van der Waals surface area (Å²) >= 11 is 1.36. The molecule has 0 fully saturated rings. The Labute approximate surface area is 360 Å². The molecular formula is C50H66Cl2SiZr-4. The Kier molecular flexibility index (Phi) is 22.8. The molecule has 0 bridgehead atoms. The first kappa shape index (κ1) is 51.8. The molecule has 292 valence electrons. The summed E-state index contributed by atoms with van der Waals surface area (Å²) < 4.78 is 0. The molecule has 0 heterocycles. The zero-order valence-electron chi connectivity index (χ0n) is 35.3. The third kappa shape index (κ3) is 12.9. The predicted octanol–water partition coefficient (Wildman–Crippen LogP) is 15.7. The van der Waals surface area contributed by atoms with Crippen molar-refractivity contribution < 1.29 is 23.3 Å². The second-order valence-corrected chi connectivity index (χ2v) is 15.8. The van der Waals surface area contributed by atoms with Gasteiger partial charge in [0.15, 0.2) is 0 Å². The first-order valence-electron chi connectivity index (χ1n) is 18.9. The van der Waals surface area contributed by atoms with Crippen molar-refractivity contribution in [1.29, 1.82) is 0 Å². The van der Waals surface area contributed by atoms with Crippen LogP contribution in [-0.4, -0.2) is 6.88 Å². The molecule has 0 atom stereocenters. The first-order chi connectivity index (χ1) is 24.2. The molecule has 0 aliphatic carbocycles. The number of fused-ring (bicyclic) bond motifs is 2. The number of rotatable bonds is 6. The Hall–Kier alpha value is -2.22. The summed E-state index contributed by atoms with van der Waals surface area (Å²) in [6.07, 6.45) is 5.72. The third-order valence-corrected chi connectivity index (χ3v) is 9.57. The topological polar surface area (TPSA) is 0 Å². The van der Waals surface area contributed by atoms with Crippen LogP contribution in [-0.2, 0) is 47.0 Å². The van der Waals surface area contributed by atoms with Crippen molar-refractivity contribution >= 4 is 53.2 Å². The fourth-order valence-electron chi connectivity index (χ4n) is 7.33. The summed E-state index contributed by atoms with van der Waals surface area (Å²) in [4.78, 5) is 0. The van der Waals surface area contributed by atoms with Crippen molar-refractivity contribution in [2.24, 2.45) is 0 Å². The van der Waals surface area contributed by atoms with Crippen molar-refractivity contribution in [2.75, 3.05) is 0 Å². The number of hydrogen-bond acceptors (Lipinski definition) is 0. The predicted molar refractivity (Wildman–Crippen MR) is 247 cm³/mol. The summed E-state index contributed by atoms with van der Waals surface area (Å²) in [6.45, 7) is 31.4. The van der Waals surface area contributed by atoms with E-state index in [-0.39, 0.29) is 43.1 Å². The average molecular weight is 857 g/mol. The van der Waals surface area contributed by atoms with Gasteiger partial charge in [0.25, 0.3) is 0 Å². The zero-order valence-corrected chi connectivity index (χ0v) is 40.4. The molecule has 54 heavy (non-hydrogen) atoms. The molecule has 0 saturated heterocycles. The molecule has 0 amide bonds. The van der Waals surface area contributed by atoms with Crippen LogP contribution in [0.4, 0.5) is 0 Å². The number of benzene rings is 4. The molecule has 6 aromatic rings. The van der Waals surface area contributed by atoms with Crippen molar-refractivity contribution in [3.63, 3.8) is 0 Å². The van der Waals surface area contributed by atoms with Gasteiger partial charge in [-0.1, -0.05) is 161 Å². The summed E-state index contributed by atoms with van der Waals surface area (Å²) in [7, 11) is 0. The van der Waals surface area contributed by atoms with Gasteiger partial charge in [-0.15, -0.1) is 93.9 Å². The minimum atomic E-state index is 0. The van der Waals surface area contributed by atoms with Crippen molar-refractivity contribution in [2.45, 2.75) is 119 Å². The van der Waals surface area contributed by atoms with Crippen LogP contribution in [0.3, 0.4) is 0 Å². The maximum absolute atomic E-state index is 3.49. The Balaban J connectivity index is 0.000000886. The van der Waals surface area contributed by atoms with Gasteiger partial charge in [-0.3, -0.25) is 0 Å². The van der Waals surface area contributed by atoms with Crippen LogP contribution < -0.4 is 0 Å².